The summed E-state index contributed by atoms with van der Waals surface area (Å²) in [5.41, 5.74) is -0.393. The van der Waals surface area contributed by atoms with E-state index in [0.717, 1.165) is 26.1 Å². The number of likely N-dealkylation sites (tertiary alicyclic amines) is 1. The first-order chi connectivity index (χ1) is 9.94. The molecule has 2 aliphatic heterocycles. The Kier molecular flexibility index (Phi) is 6.23. The predicted molar refractivity (Wildman–Crippen MR) is 88.9 cm³/mol. The highest BCUT2D eigenvalue weighted by Gasteiger charge is 2.29. The van der Waals surface area contributed by atoms with E-state index in [4.69, 9.17) is 4.74 Å². The molecule has 0 aromatic heterocycles. The molecule has 5 heteroatoms. The molecule has 0 bridgehead atoms. The summed E-state index contributed by atoms with van der Waals surface area (Å²) in [5.74, 6) is 3.21. The standard InChI is InChI=1S/C16H30N2O2S/c1-16(2,3)20-15(19)18-9-7-13(11-18)6-8-17-14-5-4-10-21-12-14/h13-14,17H,4-12H2,1-3H3. The summed E-state index contributed by atoms with van der Waals surface area (Å²) in [6.45, 7) is 8.55. The van der Waals surface area contributed by atoms with Crippen molar-refractivity contribution >= 4 is 17.9 Å². The molecule has 4 nitrogen and oxygen atoms in total. The summed E-state index contributed by atoms with van der Waals surface area (Å²) in [5, 5.41) is 3.68. The average Bonchev–Trinajstić information content (AvgIpc) is 2.87. The van der Waals surface area contributed by atoms with Crippen molar-refractivity contribution in [2.75, 3.05) is 31.1 Å². The second-order valence-corrected chi connectivity index (χ2v) is 8.39. The molecule has 2 heterocycles. The van der Waals surface area contributed by atoms with Crippen molar-refractivity contribution in [2.24, 2.45) is 5.92 Å². The maximum absolute atomic E-state index is 12.0. The second-order valence-electron chi connectivity index (χ2n) is 7.24. The van der Waals surface area contributed by atoms with Crippen LogP contribution in [0.4, 0.5) is 4.79 Å². The van der Waals surface area contributed by atoms with Crippen LogP contribution in [-0.2, 0) is 4.74 Å². The minimum Gasteiger partial charge on any atom is -0.444 e. The first-order valence-corrected chi connectivity index (χ1v) is 9.38. The number of hydrogen-bond donors (Lipinski definition) is 1. The highest BCUT2D eigenvalue weighted by Crippen LogP contribution is 2.22. The van der Waals surface area contributed by atoms with Crippen molar-refractivity contribution in [1.29, 1.82) is 0 Å². The minimum absolute atomic E-state index is 0.151. The topological polar surface area (TPSA) is 41.6 Å². The van der Waals surface area contributed by atoms with E-state index in [1.54, 1.807) is 0 Å². The van der Waals surface area contributed by atoms with Crippen molar-refractivity contribution in [3.05, 3.63) is 0 Å². The third kappa shape index (κ3) is 6.07. The summed E-state index contributed by atoms with van der Waals surface area (Å²) in [7, 11) is 0. The van der Waals surface area contributed by atoms with Gasteiger partial charge in [-0.2, -0.15) is 11.8 Å². The van der Waals surface area contributed by atoms with Crippen LogP contribution in [0.5, 0.6) is 0 Å². The molecule has 1 amide bonds. The zero-order chi connectivity index (χ0) is 15.3. The first kappa shape index (κ1) is 16.9. The van der Waals surface area contributed by atoms with Gasteiger partial charge in [-0.15, -0.1) is 0 Å². The predicted octanol–water partition coefficient (Wildman–Crippen LogP) is 3.12. The van der Waals surface area contributed by atoms with Crippen LogP contribution in [0.2, 0.25) is 0 Å². The van der Waals surface area contributed by atoms with Crippen molar-refractivity contribution in [3.8, 4) is 0 Å². The molecule has 0 aliphatic carbocycles. The molecular formula is C16H30N2O2S. The van der Waals surface area contributed by atoms with Gasteiger partial charge >= 0.3 is 6.09 Å². The van der Waals surface area contributed by atoms with Crippen LogP contribution in [0.3, 0.4) is 0 Å². The van der Waals surface area contributed by atoms with E-state index in [2.05, 4.69) is 17.1 Å². The quantitative estimate of drug-likeness (QED) is 0.865. The van der Waals surface area contributed by atoms with Gasteiger partial charge in [-0.05, 0) is 64.7 Å². The third-order valence-corrected chi connectivity index (χ3v) is 5.30. The summed E-state index contributed by atoms with van der Waals surface area (Å²) < 4.78 is 5.44. The average molecular weight is 314 g/mol. The molecule has 2 aliphatic rings. The Bertz CT molecular complexity index is 338. The first-order valence-electron chi connectivity index (χ1n) is 8.23. The fourth-order valence-electron chi connectivity index (χ4n) is 2.95. The van der Waals surface area contributed by atoms with Crippen molar-refractivity contribution in [3.63, 3.8) is 0 Å². The van der Waals surface area contributed by atoms with Crippen LogP contribution >= 0.6 is 11.8 Å². The molecule has 1 N–H and O–H groups in total. The Hall–Kier alpha value is -0.420. The molecule has 2 unspecified atom stereocenters. The van der Waals surface area contributed by atoms with Crippen LogP contribution in [0, 0.1) is 5.92 Å². The Morgan fingerprint density at radius 2 is 2.19 bits per heavy atom. The van der Waals surface area contributed by atoms with Crippen LogP contribution in [0.15, 0.2) is 0 Å². The van der Waals surface area contributed by atoms with Gasteiger partial charge in [0.1, 0.15) is 5.60 Å². The number of carbonyl (C=O) groups excluding carboxylic acids is 1. The van der Waals surface area contributed by atoms with E-state index in [9.17, 15) is 4.79 Å². The zero-order valence-corrected chi connectivity index (χ0v) is 14.5. The Morgan fingerprint density at radius 1 is 1.38 bits per heavy atom. The van der Waals surface area contributed by atoms with Gasteiger partial charge in [0.15, 0.2) is 0 Å². The molecule has 0 radical (unpaired) electrons. The summed E-state index contributed by atoms with van der Waals surface area (Å²) in [4.78, 5) is 13.9. The molecule has 2 atom stereocenters. The fourth-order valence-corrected chi connectivity index (χ4v) is 4.06. The maximum atomic E-state index is 12.0. The third-order valence-electron chi connectivity index (χ3n) is 4.08. The molecule has 0 aromatic rings. The lowest BCUT2D eigenvalue weighted by atomic mass is 10.0. The molecule has 2 fully saturated rings. The number of ether oxygens (including phenoxy) is 1. The molecule has 0 spiro atoms. The van der Waals surface area contributed by atoms with Gasteiger partial charge in [0.2, 0.25) is 0 Å². The van der Waals surface area contributed by atoms with Crippen molar-refractivity contribution in [1.82, 2.24) is 10.2 Å². The summed E-state index contributed by atoms with van der Waals surface area (Å²) >= 11 is 2.06. The molecule has 21 heavy (non-hydrogen) atoms. The highest BCUT2D eigenvalue weighted by atomic mass is 32.2. The molecule has 0 saturated carbocycles. The number of nitrogens with one attached hydrogen (secondary N) is 1. The summed E-state index contributed by atoms with van der Waals surface area (Å²) in [6.07, 6.45) is 4.79. The second kappa shape index (κ2) is 7.73. The molecule has 122 valence electrons. The van der Waals surface area contributed by atoms with E-state index in [1.165, 1.54) is 30.8 Å². The normalized spacial score (nSPS) is 26.9. The minimum atomic E-state index is -0.393. The number of amides is 1. The molecule has 0 aromatic carbocycles. The van der Waals surface area contributed by atoms with Crippen molar-refractivity contribution in [2.45, 2.75) is 58.1 Å². The number of hydrogen-bond acceptors (Lipinski definition) is 4. The number of thioether (sulfide) groups is 1. The summed E-state index contributed by atoms with van der Waals surface area (Å²) in [6, 6.07) is 0.701. The van der Waals surface area contributed by atoms with Crippen LogP contribution in [-0.4, -0.2) is 53.8 Å². The molecule has 2 rings (SSSR count). The molecular weight excluding hydrogens is 284 g/mol. The maximum Gasteiger partial charge on any atom is 0.410 e. The SMILES string of the molecule is CC(C)(C)OC(=O)N1CCC(CCNC2CCCSC2)C1. The Morgan fingerprint density at radius 3 is 2.86 bits per heavy atom. The van der Waals surface area contributed by atoms with Gasteiger partial charge < -0.3 is 15.0 Å². The lowest BCUT2D eigenvalue weighted by Gasteiger charge is -2.25. The Labute approximate surface area is 133 Å². The van der Waals surface area contributed by atoms with Gasteiger partial charge in [0.25, 0.3) is 0 Å². The van der Waals surface area contributed by atoms with E-state index in [-0.39, 0.29) is 6.09 Å². The van der Waals surface area contributed by atoms with Crippen molar-refractivity contribution < 1.29 is 9.53 Å². The largest absolute Gasteiger partial charge is 0.444 e. The van der Waals surface area contributed by atoms with Gasteiger partial charge in [0, 0.05) is 24.9 Å². The number of nitrogens with zero attached hydrogens (tertiary/aromatic N) is 1. The van der Waals surface area contributed by atoms with E-state index < -0.39 is 5.60 Å². The number of carbonyl (C=O) groups is 1. The van der Waals surface area contributed by atoms with E-state index >= 15 is 0 Å². The lowest BCUT2D eigenvalue weighted by Crippen LogP contribution is -2.36. The van der Waals surface area contributed by atoms with Crippen LogP contribution in [0.1, 0.15) is 46.5 Å². The van der Waals surface area contributed by atoms with Gasteiger partial charge in [0.05, 0.1) is 0 Å². The van der Waals surface area contributed by atoms with E-state index in [0.29, 0.717) is 12.0 Å². The van der Waals surface area contributed by atoms with Gasteiger partial charge in [-0.1, -0.05) is 0 Å². The van der Waals surface area contributed by atoms with E-state index in [1.807, 2.05) is 25.7 Å². The van der Waals surface area contributed by atoms with Crippen LogP contribution in [0.25, 0.3) is 0 Å². The lowest BCUT2D eigenvalue weighted by molar-refractivity contribution is 0.0287. The molecule has 2 saturated heterocycles. The van der Waals surface area contributed by atoms with Gasteiger partial charge in [-0.3, -0.25) is 0 Å². The van der Waals surface area contributed by atoms with Crippen LogP contribution < -0.4 is 5.32 Å². The highest BCUT2D eigenvalue weighted by molar-refractivity contribution is 7.99. The zero-order valence-electron chi connectivity index (χ0n) is 13.7. The smallest absolute Gasteiger partial charge is 0.410 e. The van der Waals surface area contributed by atoms with Gasteiger partial charge in [-0.25, -0.2) is 4.79 Å². The number of rotatable bonds is 4. The Balaban J connectivity index is 1.62. The monoisotopic (exact) mass is 314 g/mol. The fraction of sp³-hybridized carbons (Fsp3) is 0.938.